The largest absolute Gasteiger partial charge is 0.369 e. The summed E-state index contributed by atoms with van der Waals surface area (Å²) in [6.45, 7) is 3.12. The van der Waals surface area contributed by atoms with E-state index >= 15 is 0 Å². The summed E-state index contributed by atoms with van der Waals surface area (Å²) in [5.74, 6) is 0.358. The Hall–Kier alpha value is -0.790. The van der Waals surface area contributed by atoms with Crippen LogP contribution in [0.5, 0.6) is 0 Å². The molecule has 0 unspecified atom stereocenters. The second-order valence-electron chi connectivity index (χ2n) is 4.85. The Bertz CT molecular complexity index is 693. The van der Waals surface area contributed by atoms with Crippen molar-refractivity contribution in [3.05, 3.63) is 18.2 Å². The van der Waals surface area contributed by atoms with E-state index in [1.807, 2.05) is 11.8 Å². The van der Waals surface area contributed by atoms with Crippen LogP contribution in [0.15, 0.2) is 28.0 Å². The number of hydrogen-bond acceptors (Lipinski definition) is 5. The van der Waals surface area contributed by atoms with Crippen molar-refractivity contribution in [3.63, 3.8) is 0 Å². The van der Waals surface area contributed by atoms with Gasteiger partial charge < -0.3 is 4.90 Å². The lowest BCUT2D eigenvalue weighted by atomic mass is 10.2. The van der Waals surface area contributed by atoms with Gasteiger partial charge in [0, 0.05) is 31.5 Å². The first-order chi connectivity index (χ1) is 9.61. The molecule has 1 rings (SSSR count). The van der Waals surface area contributed by atoms with Crippen LogP contribution in [0.3, 0.4) is 0 Å². The van der Waals surface area contributed by atoms with Crippen molar-refractivity contribution in [2.45, 2.75) is 23.1 Å². The van der Waals surface area contributed by atoms with Crippen LogP contribution in [0.2, 0.25) is 0 Å². The van der Waals surface area contributed by atoms with Crippen LogP contribution in [0, 0.1) is 0 Å². The van der Waals surface area contributed by atoms with Crippen LogP contribution >= 0.6 is 11.6 Å². The fourth-order valence-corrected chi connectivity index (χ4v) is 3.85. The molecule has 8 heteroatoms. The normalized spacial score (nSPS) is 12.4. The van der Waals surface area contributed by atoms with Gasteiger partial charge in [0.1, 0.15) is 0 Å². The zero-order valence-electron chi connectivity index (χ0n) is 12.3. The van der Waals surface area contributed by atoms with Crippen molar-refractivity contribution in [3.8, 4) is 0 Å². The van der Waals surface area contributed by atoms with Crippen LogP contribution in [0.4, 0.5) is 5.69 Å². The first kappa shape index (κ1) is 18.3. The summed E-state index contributed by atoms with van der Waals surface area (Å²) in [5, 5.41) is 0. The van der Waals surface area contributed by atoms with E-state index in [0.717, 1.165) is 18.9 Å². The van der Waals surface area contributed by atoms with Crippen molar-refractivity contribution < 1.29 is 16.8 Å². The lowest BCUT2D eigenvalue weighted by molar-refractivity contribution is 0.599. The van der Waals surface area contributed by atoms with Gasteiger partial charge in [0.15, 0.2) is 19.7 Å². The van der Waals surface area contributed by atoms with Gasteiger partial charge in [0.05, 0.1) is 15.5 Å². The third-order valence-electron chi connectivity index (χ3n) is 2.95. The van der Waals surface area contributed by atoms with Crippen molar-refractivity contribution in [2.24, 2.45) is 0 Å². The summed E-state index contributed by atoms with van der Waals surface area (Å²) in [4.78, 5) is 1.87. The van der Waals surface area contributed by atoms with E-state index in [0.29, 0.717) is 24.7 Å². The number of hydrogen-bond donors (Lipinski definition) is 0. The molecule has 0 aliphatic rings. The molecule has 0 aliphatic carbocycles. The molecule has 120 valence electrons. The first-order valence-electron chi connectivity index (χ1n) is 6.46. The number of alkyl halides is 1. The maximum absolute atomic E-state index is 12.0. The number of nitrogens with zero attached hydrogens (tertiary/aromatic N) is 1. The predicted octanol–water partition coefficient (Wildman–Crippen LogP) is 1.95. The van der Waals surface area contributed by atoms with Crippen LogP contribution in [-0.2, 0) is 19.7 Å². The van der Waals surface area contributed by atoms with E-state index in [-0.39, 0.29) is 9.79 Å². The fraction of sp³-hybridized carbons (Fsp3) is 0.538. The zero-order valence-corrected chi connectivity index (χ0v) is 14.7. The Morgan fingerprint density at radius 1 is 1.05 bits per heavy atom. The highest BCUT2D eigenvalue weighted by molar-refractivity contribution is 7.91. The summed E-state index contributed by atoms with van der Waals surface area (Å²) in [6.07, 6.45) is 2.95. The van der Waals surface area contributed by atoms with Crippen molar-refractivity contribution >= 4 is 37.0 Å². The second kappa shape index (κ2) is 6.98. The molecule has 0 atom stereocenters. The van der Waals surface area contributed by atoms with E-state index in [4.69, 9.17) is 11.6 Å². The Kier molecular flexibility index (Phi) is 6.07. The minimum absolute atomic E-state index is 0.00556. The summed E-state index contributed by atoms with van der Waals surface area (Å²) >= 11 is 5.77. The third kappa shape index (κ3) is 4.86. The molecule has 0 bridgehead atoms. The van der Waals surface area contributed by atoms with Gasteiger partial charge in [-0.2, -0.15) is 0 Å². The second-order valence-corrected chi connectivity index (χ2v) is 9.23. The van der Waals surface area contributed by atoms with E-state index in [1.165, 1.54) is 18.2 Å². The highest BCUT2D eigenvalue weighted by atomic mass is 35.5. The van der Waals surface area contributed by atoms with Crippen molar-refractivity contribution in [1.29, 1.82) is 0 Å². The van der Waals surface area contributed by atoms with Gasteiger partial charge >= 0.3 is 0 Å². The van der Waals surface area contributed by atoms with Crippen molar-refractivity contribution in [2.75, 3.05) is 36.4 Å². The summed E-state index contributed by atoms with van der Waals surface area (Å²) in [6, 6.07) is 4.18. The smallest absolute Gasteiger partial charge is 0.177 e. The molecule has 5 nitrogen and oxygen atoms in total. The van der Waals surface area contributed by atoms with Gasteiger partial charge in [-0.25, -0.2) is 16.8 Å². The lowest BCUT2D eigenvalue weighted by Crippen LogP contribution is -2.28. The lowest BCUT2D eigenvalue weighted by Gasteiger charge is -2.25. The molecule has 0 amide bonds. The molecular formula is C13H20ClNO4S2. The summed E-state index contributed by atoms with van der Waals surface area (Å²) in [5.41, 5.74) is 0.493. The first-order valence-corrected chi connectivity index (χ1v) is 10.8. The number of rotatable bonds is 7. The monoisotopic (exact) mass is 353 g/mol. The van der Waals surface area contributed by atoms with E-state index in [1.54, 1.807) is 0 Å². The third-order valence-corrected chi connectivity index (χ3v) is 5.35. The average Bonchev–Trinajstić information content (AvgIpc) is 2.35. The molecule has 0 fully saturated rings. The fourth-order valence-electron chi connectivity index (χ4n) is 2.01. The molecule has 21 heavy (non-hydrogen) atoms. The van der Waals surface area contributed by atoms with Crippen LogP contribution in [0.1, 0.15) is 13.3 Å². The van der Waals surface area contributed by atoms with E-state index in [2.05, 4.69) is 0 Å². The molecule has 1 aromatic rings. The maximum Gasteiger partial charge on any atom is 0.177 e. The molecule has 0 aliphatic heterocycles. The molecular weight excluding hydrogens is 334 g/mol. The number of sulfone groups is 2. The topological polar surface area (TPSA) is 71.5 Å². The maximum atomic E-state index is 12.0. The quantitative estimate of drug-likeness (QED) is 0.700. The van der Waals surface area contributed by atoms with Gasteiger partial charge in [-0.15, -0.1) is 11.6 Å². The Balaban J connectivity index is 3.51. The molecule has 0 saturated heterocycles. The predicted molar refractivity (Wildman–Crippen MR) is 85.9 cm³/mol. The summed E-state index contributed by atoms with van der Waals surface area (Å²) < 4.78 is 47.2. The minimum Gasteiger partial charge on any atom is -0.369 e. The van der Waals surface area contributed by atoms with Gasteiger partial charge in [0.25, 0.3) is 0 Å². The number of benzene rings is 1. The molecule has 0 spiro atoms. The zero-order chi connectivity index (χ0) is 16.3. The van der Waals surface area contributed by atoms with Crippen molar-refractivity contribution in [1.82, 2.24) is 0 Å². The molecule has 0 radical (unpaired) electrons. The Morgan fingerprint density at radius 2 is 1.67 bits per heavy atom. The van der Waals surface area contributed by atoms with Crippen LogP contribution in [-0.4, -0.2) is 48.3 Å². The van der Waals surface area contributed by atoms with Crippen LogP contribution in [0.25, 0.3) is 0 Å². The highest BCUT2D eigenvalue weighted by Gasteiger charge is 2.21. The van der Waals surface area contributed by atoms with Crippen LogP contribution < -0.4 is 4.90 Å². The minimum atomic E-state index is -3.55. The molecule has 0 aromatic heterocycles. The Labute approximate surface area is 131 Å². The molecule has 1 aromatic carbocycles. The highest BCUT2D eigenvalue weighted by Crippen LogP contribution is 2.28. The Morgan fingerprint density at radius 3 is 2.10 bits per heavy atom. The molecule has 0 saturated carbocycles. The number of anilines is 1. The van der Waals surface area contributed by atoms with E-state index in [9.17, 15) is 16.8 Å². The number of halogens is 1. The van der Waals surface area contributed by atoms with Gasteiger partial charge in [-0.3, -0.25) is 0 Å². The van der Waals surface area contributed by atoms with E-state index < -0.39 is 19.7 Å². The molecule has 0 heterocycles. The SMILES string of the molecule is CCCN(CCCl)c1ccc(S(C)(=O)=O)cc1S(C)(=O)=O. The summed E-state index contributed by atoms with van der Waals surface area (Å²) in [7, 11) is -7.01. The van der Waals surface area contributed by atoms with Gasteiger partial charge in [-0.1, -0.05) is 6.92 Å². The molecule has 0 N–H and O–H groups in total. The van der Waals surface area contributed by atoms with Gasteiger partial charge in [-0.05, 0) is 24.6 Å². The standard InChI is InChI=1S/C13H20ClNO4S2/c1-4-8-15(9-7-14)12-6-5-11(20(2,16)17)10-13(12)21(3,18)19/h5-6,10H,4,7-9H2,1-3H3. The van der Waals surface area contributed by atoms with Gasteiger partial charge in [0.2, 0.25) is 0 Å². The average molecular weight is 354 g/mol.